The predicted molar refractivity (Wildman–Crippen MR) is 91.5 cm³/mol. The molecule has 0 aliphatic rings. The van der Waals surface area contributed by atoms with Crippen molar-refractivity contribution in [3.63, 3.8) is 0 Å². The van der Waals surface area contributed by atoms with E-state index in [-0.39, 0.29) is 0 Å². The Kier molecular flexibility index (Phi) is 5.30. The van der Waals surface area contributed by atoms with Crippen LogP contribution in [0.15, 0.2) is 30.3 Å². The van der Waals surface area contributed by atoms with E-state index in [1.54, 1.807) is 7.11 Å². The van der Waals surface area contributed by atoms with Gasteiger partial charge < -0.3 is 4.74 Å². The van der Waals surface area contributed by atoms with Gasteiger partial charge in [-0.05, 0) is 61.1 Å². The molecule has 0 aliphatic heterocycles. The SMILES string of the molecule is CCCCc1cc(C)c(C)c(-c2ccc(OC)cc2)c1Cl. The fourth-order valence-electron chi connectivity index (χ4n) is 2.61. The van der Waals surface area contributed by atoms with Gasteiger partial charge in [-0.25, -0.2) is 0 Å². The molecule has 0 N–H and O–H groups in total. The van der Waals surface area contributed by atoms with E-state index in [1.165, 1.54) is 29.5 Å². The summed E-state index contributed by atoms with van der Waals surface area (Å²) in [5, 5.41) is 0.900. The summed E-state index contributed by atoms with van der Waals surface area (Å²) in [4.78, 5) is 0. The van der Waals surface area contributed by atoms with Crippen LogP contribution in [0.5, 0.6) is 5.75 Å². The molecule has 0 saturated carbocycles. The van der Waals surface area contributed by atoms with Gasteiger partial charge >= 0.3 is 0 Å². The standard InChI is InChI=1S/C19H23ClO/c1-5-6-7-16-12-13(2)14(3)18(19(16)20)15-8-10-17(21-4)11-9-15/h8-12H,5-7H2,1-4H3. The number of benzene rings is 2. The van der Waals surface area contributed by atoms with Crippen molar-refractivity contribution in [3.8, 4) is 16.9 Å². The number of aryl methyl sites for hydroxylation is 2. The quantitative estimate of drug-likeness (QED) is 0.660. The average Bonchev–Trinajstić information content (AvgIpc) is 2.50. The molecule has 2 rings (SSSR count). The molecule has 0 unspecified atom stereocenters. The molecule has 21 heavy (non-hydrogen) atoms. The first-order valence-corrected chi connectivity index (χ1v) is 7.89. The highest BCUT2D eigenvalue weighted by Gasteiger charge is 2.14. The van der Waals surface area contributed by atoms with Crippen LogP contribution in [0.3, 0.4) is 0 Å². The lowest BCUT2D eigenvalue weighted by molar-refractivity contribution is 0.415. The largest absolute Gasteiger partial charge is 0.497 e. The summed E-state index contributed by atoms with van der Waals surface area (Å²) in [6.07, 6.45) is 3.39. The predicted octanol–water partition coefficient (Wildman–Crippen LogP) is 5.98. The zero-order valence-corrected chi connectivity index (χ0v) is 14.1. The Morgan fingerprint density at radius 2 is 1.76 bits per heavy atom. The minimum absolute atomic E-state index is 0.867. The fourth-order valence-corrected chi connectivity index (χ4v) is 3.01. The van der Waals surface area contributed by atoms with Crippen molar-refractivity contribution < 1.29 is 4.74 Å². The van der Waals surface area contributed by atoms with Gasteiger partial charge in [0.15, 0.2) is 0 Å². The van der Waals surface area contributed by atoms with Gasteiger partial charge in [0, 0.05) is 5.56 Å². The number of methoxy groups -OCH3 is 1. The molecule has 2 aromatic carbocycles. The molecular weight excluding hydrogens is 280 g/mol. The molecule has 0 aromatic heterocycles. The van der Waals surface area contributed by atoms with Gasteiger partial charge in [0.2, 0.25) is 0 Å². The number of halogens is 1. The zero-order valence-electron chi connectivity index (χ0n) is 13.3. The molecule has 112 valence electrons. The second kappa shape index (κ2) is 7.00. The molecule has 0 aliphatic carbocycles. The van der Waals surface area contributed by atoms with Crippen molar-refractivity contribution in [2.45, 2.75) is 40.0 Å². The van der Waals surface area contributed by atoms with E-state index in [4.69, 9.17) is 16.3 Å². The van der Waals surface area contributed by atoms with E-state index in [2.05, 4.69) is 39.0 Å². The lowest BCUT2D eigenvalue weighted by atomic mass is 9.92. The van der Waals surface area contributed by atoms with Crippen molar-refractivity contribution >= 4 is 11.6 Å². The van der Waals surface area contributed by atoms with Crippen LogP contribution < -0.4 is 4.74 Å². The highest BCUT2D eigenvalue weighted by atomic mass is 35.5. The molecule has 0 amide bonds. The maximum Gasteiger partial charge on any atom is 0.118 e. The molecule has 0 saturated heterocycles. The van der Waals surface area contributed by atoms with Gasteiger partial charge in [-0.3, -0.25) is 0 Å². The van der Waals surface area contributed by atoms with Gasteiger partial charge in [-0.1, -0.05) is 43.1 Å². The topological polar surface area (TPSA) is 9.23 Å². The minimum atomic E-state index is 0.867. The summed E-state index contributed by atoms with van der Waals surface area (Å²) in [5.74, 6) is 0.867. The number of unbranched alkanes of at least 4 members (excludes halogenated alkanes) is 1. The molecule has 0 bridgehead atoms. The van der Waals surface area contributed by atoms with Gasteiger partial charge in [0.05, 0.1) is 12.1 Å². The molecule has 2 heteroatoms. The fraction of sp³-hybridized carbons (Fsp3) is 0.368. The van der Waals surface area contributed by atoms with Crippen LogP contribution in [0.2, 0.25) is 5.02 Å². The maximum absolute atomic E-state index is 6.70. The molecule has 1 nitrogen and oxygen atoms in total. The van der Waals surface area contributed by atoms with Crippen molar-refractivity contribution in [3.05, 3.63) is 52.0 Å². The molecule has 0 heterocycles. The Labute approximate surface area is 132 Å². The van der Waals surface area contributed by atoms with Gasteiger partial charge in [-0.15, -0.1) is 0 Å². The molecule has 0 fully saturated rings. The summed E-state index contributed by atoms with van der Waals surface area (Å²) >= 11 is 6.70. The first-order chi connectivity index (χ1) is 10.1. The van der Waals surface area contributed by atoms with E-state index < -0.39 is 0 Å². The number of hydrogen-bond acceptors (Lipinski definition) is 1. The normalized spacial score (nSPS) is 10.7. The number of rotatable bonds is 5. The van der Waals surface area contributed by atoms with E-state index in [1.807, 2.05) is 12.1 Å². The Hall–Kier alpha value is -1.47. The second-order valence-electron chi connectivity index (χ2n) is 5.50. The van der Waals surface area contributed by atoms with Crippen LogP contribution in [0.1, 0.15) is 36.5 Å². The highest BCUT2D eigenvalue weighted by molar-refractivity contribution is 6.34. The summed E-state index contributed by atoms with van der Waals surface area (Å²) in [6, 6.07) is 10.4. The number of hydrogen-bond donors (Lipinski definition) is 0. The Bertz CT molecular complexity index is 614. The summed E-state index contributed by atoms with van der Waals surface area (Å²) in [7, 11) is 1.68. The lowest BCUT2D eigenvalue weighted by Crippen LogP contribution is -1.96. The molecule has 0 atom stereocenters. The van der Waals surface area contributed by atoms with Crippen LogP contribution in [0.25, 0.3) is 11.1 Å². The third-order valence-electron chi connectivity index (χ3n) is 4.04. The molecule has 2 aromatic rings. The first-order valence-electron chi connectivity index (χ1n) is 7.51. The first kappa shape index (κ1) is 15.9. The zero-order chi connectivity index (χ0) is 15.4. The summed E-state index contributed by atoms with van der Waals surface area (Å²) in [5.41, 5.74) is 6.12. The average molecular weight is 303 g/mol. The van der Waals surface area contributed by atoms with Crippen molar-refractivity contribution in [1.82, 2.24) is 0 Å². The van der Waals surface area contributed by atoms with E-state index >= 15 is 0 Å². The van der Waals surface area contributed by atoms with Gasteiger partial charge in [0.25, 0.3) is 0 Å². The van der Waals surface area contributed by atoms with Gasteiger partial charge in [0.1, 0.15) is 5.75 Å². The monoisotopic (exact) mass is 302 g/mol. The summed E-state index contributed by atoms with van der Waals surface area (Å²) in [6.45, 7) is 6.51. The second-order valence-corrected chi connectivity index (χ2v) is 5.88. The number of ether oxygens (including phenoxy) is 1. The van der Waals surface area contributed by atoms with Gasteiger partial charge in [-0.2, -0.15) is 0 Å². The molecule has 0 spiro atoms. The van der Waals surface area contributed by atoms with Crippen molar-refractivity contribution in [2.24, 2.45) is 0 Å². The van der Waals surface area contributed by atoms with E-state index in [0.717, 1.165) is 28.3 Å². The molecular formula is C19H23ClO. The van der Waals surface area contributed by atoms with Crippen LogP contribution >= 0.6 is 11.6 Å². The van der Waals surface area contributed by atoms with Crippen molar-refractivity contribution in [1.29, 1.82) is 0 Å². The highest BCUT2D eigenvalue weighted by Crippen LogP contribution is 2.37. The van der Waals surface area contributed by atoms with Crippen LogP contribution in [0.4, 0.5) is 0 Å². The van der Waals surface area contributed by atoms with Crippen molar-refractivity contribution in [2.75, 3.05) is 7.11 Å². The van der Waals surface area contributed by atoms with Crippen LogP contribution in [-0.2, 0) is 6.42 Å². The molecule has 0 radical (unpaired) electrons. The third-order valence-corrected chi connectivity index (χ3v) is 4.47. The smallest absolute Gasteiger partial charge is 0.118 e. The Balaban J connectivity index is 2.52. The van der Waals surface area contributed by atoms with Crippen LogP contribution in [-0.4, -0.2) is 7.11 Å². The Morgan fingerprint density at radius 3 is 2.33 bits per heavy atom. The third kappa shape index (κ3) is 3.41. The minimum Gasteiger partial charge on any atom is -0.497 e. The Morgan fingerprint density at radius 1 is 1.10 bits per heavy atom. The lowest BCUT2D eigenvalue weighted by Gasteiger charge is -2.16. The van der Waals surface area contributed by atoms with Crippen LogP contribution in [0, 0.1) is 13.8 Å². The maximum atomic E-state index is 6.70. The van der Waals surface area contributed by atoms with E-state index in [9.17, 15) is 0 Å². The summed E-state index contributed by atoms with van der Waals surface area (Å²) < 4.78 is 5.23. The van der Waals surface area contributed by atoms with E-state index in [0.29, 0.717) is 0 Å².